The van der Waals surface area contributed by atoms with Crippen LogP contribution in [0.5, 0.6) is 0 Å². The van der Waals surface area contributed by atoms with Gasteiger partial charge in [-0.15, -0.1) is 0 Å². The highest BCUT2D eigenvalue weighted by Gasteiger charge is 2.18. The predicted molar refractivity (Wildman–Crippen MR) is 72.5 cm³/mol. The zero-order valence-electron chi connectivity index (χ0n) is 10.9. The average Bonchev–Trinajstić information content (AvgIpc) is 2.38. The fraction of sp³-hybridized carbons (Fsp3) is 0.571. The second kappa shape index (κ2) is 6.37. The Labute approximate surface area is 109 Å². The summed E-state index contributed by atoms with van der Waals surface area (Å²) in [5.41, 5.74) is 1.60. The normalized spacial score (nSPS) is 23.9. The summed E-state index contributed by atoms with van der Waals surface area (Å²) >= 11 is 0. The van der Waals surface area contributed by atoms with Crippen LogP contribution in [-0.4, -0.2) is 23.3 Å². The van der Waals surface area contributed by atoms with Crippen LogP contribution in [0.1, 0.15) is 38.2 Å². The third-order valence-corrected chi connectivity index (χ3v) is 3.73. The lowest BCUT2D eigenvalue weighted by molar-refractivity contribution is 0.00878. The van der Waals surface area contributed by atoms with Crippen molar-refractivity contribution in [2.45, 2.75) is 45.3 Å². The molecule has 2 N–H and O–H groups in total. The molecule has 18 heavy (non-hydrogen) atoms. The van der Waals surface area contributed by atoms with E-state index >= 15 is 0 Å². The van der Waals surface area contributed by atoms with Gasteiger partial charge in [0.2, 0.25) is 0 Å². The van der Waals surface area contributed by atoms with Gasteiger partial charge in [-0.2, -0.15) is 0 Å². The molecule has 1 aromatic rings. The summed E-state index contributed by atoms with van der Waals surface area (Å²) in [4.78, 5) is 0. The minimum Gasteiger partial charge on any atom is -0.423 e. The van der Waals surface area contributed by atoms with Gasteiger partial charge in [0.05, 0.1) is 12.7 Å². The summed E-state index contributed by atoms with van der Waals surface area (Å²) in [6.45, 7) is 2.91. The Balaban J connectivity index is 1.79. The fourth-order valence-corrected chi connectivity index (χ4v) is 2.40. The van der Waals surface area contributed by atoms with Crippen LogP contribution in [0.15, 0.2) is 24.3 Å². The van der Waals surface area contributed by atoms with E-state index in [0.717, 1.165) is 24.3 Å². The highest BCUT2D eigenvalue weighted by atomic mass is 16.5. The number of hydrogen-bond donors (Lipinski definition) is 2. The fourth-order valence-electron chi connectivity index (χ4n) is 2.40. The lowest BCUT2D eigenvalue weighted by atomic mass is 9.80. The molecule has 3 nitrogen and oxygen atoms in total. The van der Waals surface area contributed by atoms with E-state index in [0.29, 0.717) is 18.2 Å². The Kier molecular flexibility index (Phi) is 4.81. The van der Waals surface area contributed by atoms with Gasteiger partial charge in [-0.25, -0.2) is 0 Å². The molecule has 0 bridgehead atoms. The number of benzene rings is 1. The van der Waals surface area contributed by atoms with E-state index in [-0.39, 0.29) is 0 Å². The first-order valence-electron chi connectivity index (χ1n) is 6.71. The zero-order chi connectivity index (χ0) is 13.0. The van der Waals surface area contributed by atoms with Crippen LogP contribution in [0, 0.1) is 5.92 Å². The summed E-state index contributed by atoms with van der Waals surface area (Å²) < 4.78 is 5.89. The van der Waals surface area contributed by atoms with Crippen molar-refractivity contribution in [2.24, 2.45) is 5.92 Å². The maximum absolute atomic E-state index is 9.00. The second-order valence-corrected chi connectivity index (χ2v) is 5.31. The molecule has 1 aromatic carbocycles. The molecule has 1 fully saturated rings. The molecule has 0 radical (unpaired) electrons. The van der Waals surface area contributed by atoms with Crippen molar-refractivity contribution in [1.82, 2.24) is 0 Å². The Bertz CT molecular complexity index is 356. The molecule has 0 unspecified atom stereocenters. The Morgan fingerprint density at radius 1 is 1.11 bits per heavy atom. The Morgan fingerprint density at radius 2 is 1.72 bits per heavy atom. The van der Waals surface area contributed by atoms with E-state index in [1.807, 2.05) is 12.1 Å². The van der Waals surface area contributed by atoms with Gasteiger partial charge in [0.25, 0.3) is 0 Å². The summed E-state index contributed by atoms with van der Waals surface area (Å²) in [7, 11) is -1.39. The number of rotatable bonds is 4. The van der Waals surface area contributed by atoms with E-state index in [4.69, 9.17) is 14.8 Å². The van der Waals surface area contributed by atoms with Gasteiger partial charge < -0.3 is 14.8 Å². The van der Waals surface area contributed by atoms with E-state index < -0.39 is 7.12 Å². The van der Waals surface area contributed by atoms with Crippen LogP contribution in [0.3, 0.4) is 0 Å². The maximum atomic E-state index is 9.00. The Morgan fingerprint density at radius 3 is 2.28 bits per heavy atom. The minimum absolute atomic E-state index is 0.393. The van der Waals surface area contributed by atoms with Crippen molar-refractivity contribution in [1.29, 1.82) is 0 Å². The van der Waals surface area contributed by atoms with E-state index in [2.05, 4.69) is 6.92 Å². The van der Waals surface area contributed by atoms with Crippen LogP contribution in [0.25, 0.3) is 0 Å². The van der Waals surface area contributed by atoms with Crippen molar-refractivity contribution >= 4 is 12.6 Å². The van der Waals surface area contributed by atoms with Crippen molar-refractivity contribution in [3.05, 3.63) is 29.8 Å². The molecule has 4 heteroatoms. The van der Waals surface area contributed by atoms with Gasteiger partial charge >= 0.3 is 7.12 Å². The van der Waals surface area contributed by atoms with Crippen LogP contribution in [0.2, 0.25) is 0 Å². The quantitative estimate of drug-likeness (QED) is 0.793. The smallest absolute Gasteiger partial charge is 0.423 e. The van der Waals surface area contributed by atoms with Gasteiger partial charge in [0, 0.05) is 0 Å². The maximum Gasteiger partial charge on any atom is 0.488 e. The van der Waals surface area contributed by atoms with E-state index in [9.17, 15) is 0 Å². The van der Waals surface area contributed by atoms with Gasteiger partial charge in [-0.1, -0.05) is 31.2 Å². The van der Waals surface area contributed by atoms with Crippen LogP contribution >= 0.6 is 0 Å². The summed E-state index contributed by atoms with van der Waals surface area (Å²) in [6.07, 6.45) is 5.24. The van der Waals surface area contributed by atoms with Gasteiger partial charge in [0.1, 0.15) is 0 Å². The monoisotopic (exact) mass is 248 g/mol. The summed E-state index contributed by atoms with van der Waals surface area (Å²) in [5.74, 6) is 0.843. The molecule has 0 heterocycles. The van der Waals surface area contributed by atoms with Crippen molar-refractivity contribution < 1.29 is 14.8 Å². The third kappa shape index (κ3) is 3.84. The molecule has 1 saturated carbocycles. The molecule has 0 saturated heterocycles. The SMILES string of the molecule is CC1CCC(OCc2ccc(B(O)O)cc2)CC1. The van der Waals surface area contributed by atoms with Crippen LogP contribution < -0.4 is 5.46 Å². The first-order valence-corrected chi connectivity index (χ1v) is 6.71. The minimum atomic E-state index is -1.39. The standard InChI is InChI=1S/C14H21BO3/c1-11-2-8-14(9-3-11)18-10-12-4-6-13(7-5-12)15(16)17/h4-7,11,14,16-17H,2-3,8-10H2,1H3. The Hall–Kier alpha value is -0.835. The molecular weight excluding hydrogens is 227 g/mol. The van der Waals surface area contributed by atoms with Crippen molar-refractivity contribution in [3.63, 3.8) is 0 Å². The largest absolute Gasteiger partial charge is 0.488 e. The molecule has 2 rings (SSSR count). The molecule has 1 aliphatic rings. The predicted octanol–water partition coefficient (Wildman–Crippen LogP) is 1.46. The van der Waals surface area contributed by atoms with Crippen molar-refractivity contribution in [2.75, 3.05) is 0 Å². The zero-order valence-corrected chi connectivity index (χ0v) is 10.9. The average molecular weight is 248 g/mol. The first-order chi connectivity index (χ1) is 8.65. The lowest BCUT2D eigenvalue weighted by Crippen LogP contribution is -2.29. The molecule has 0 atom stereocenters. The molecular formula is C14H21BO3. The molecule has 0 aromatic heterocycles. The molecule has 1 aliphatic carbocycles. The van der Waals surface area contributed by atoms with Gasteiger partial charge in [0.15, 0.2) is 0 Å². The van der Waals surface area contributed by atoms with E-state index in [1.54, 1.807) is 12.1 Å². The summed E-state index contributed by atoms with van der Waals surface area (Å²) in [6, 6.07) is 7.24. The second-order valence-electron chi connectivity index (χ2n) is 5.31. The third-order valence-electron chi connectivity index (χ3n) is 3.73. The van der Waals surface area contributed by atoms with Gasteiger partial charge in [-0.3, -0.25) is 0 Å². The van der Waals surface area contributed by atoms with E-state index in [1.165, 1.54) is 12.8 Å². The molecule has 0 amide bonds. The highest BCUT2D eigenvalue weighted by Crippen LogP contribution is 2.26. The van der Waals surface area contributed by atoms with Crippen molar-refractivity contribution in [3.8, 4) is 0 Å². The molecule has 98 valence electrons. The number of ether oxygens (including phenoxy) is 1. The van der Waals surface area contributed by atoms with Crippen LogP contribution in [-0.2, 0) is 11.3 Å². The van der Waals surface area contributed by atoms with Crippen LogP contribution in [0.4, 0.5) is 0 Å². The lowest BCUT2D eigenvalue weighted by Gasteiger charge is -2.26. The first kappa shape index (κ1) is 13.6. The molecule has 0 aliphatic heterocycles. The molecule has 0 spiro atoms. The number of hydrogen-bond acceptors (Lipinski definition) is 3. The van der Waals surface area contributed by atoms with Gasteiger partial charge in [-0.05, 0) is 42.6 Å². The topological polar surface area (TPSA) is 49.7 Å². The highest BCUT2D eigenvalue weighted by molar-refractivity contribution is 6.58. The summed E-state index contributed by atoms with van der Waals surface area (Å²) in [5, 5.41) is 18.0.